The molecule has 0 radical (unpaired) electrons. The van der Waals surface area contributed by atoms with Gasteiger partial charge in [-0.15, -0.1) is 0 Å². The van der Waals surface area contributed by atoms with Crippen LogP contribution in [0.5, 0.6) is 0 Å². The molecule has 0 atom stereocenters. The molecule has 1 amide bonds. The minimum absolute atomic E-state index is 0.198. The van der Waals surface area contributed by atoms with E-state index in [2.05, 4.69) is 30.5 Å². The van der Waals surface area contributed by atoms with Crippen LogP contribution in [0.3, 0.4) is 0 Å². The number of aromatic nitrogens is 1. The molecule has 0 saturated carbocycles. The molecular weight excluding hydrogens is 248 g/mol. The van der Waals surface area contributed by atoms with Crippen LogP contribution >= 0.6 is 0 Å². The Bertz CT molecular complexity index is 670. The second-order valence-electron chi connectivity index (χ2n) is 5.56. The number of carbonyl (C=O) groups excluding carboxylic acids is 1. The zero-order valence-corrected chi connectivity index (χ0v) is 12.3. The smallest absolute Gasteiger partial charge is 0.231 e. The van der Waals surface area contributed by atoms with Crippen molar-refractivity contribution < 1.29 is 4.79 Å². The maximum atomic E-state index is 12.6. The quantitative estimate of drug-likeness (QED) is 0.822. The molecule has 0 unspecified atom stereocenters. The fourth-order valence-electron chi connectivity index (χ4n) is 2.97. The summed E-state index contributed by atoms with van der Waals surface area (Å²) >= 11 is 0. The molecule has 104 valence electrons. The van der Waals surface area contributed by atoms with Crippen molar-refractivity contribution in [2.24, 2.45) is 7.05 Å². The Morgan fingerprint density at radius 3 is 2.70 bits per heavy atom. The number of fused-ring (bicyclic) bond motifs is 1. The fraction of sp³-hybridized carbons (Fsp3) is 0.353. The van der Waals surface area contributed by atoms with Gasteiger partial charge in [-0.25, -0.2) is 0 Å². The van der Waals surface area contributed by atoms with Gasteiger partial charge in [-0.3, -0.25) is 4.79 Å². The lowest BCUT2D eigenvalue weighted by Crippen LogP contribution is -2.30. The maximum Gasteiger partial charge on any atom is 0.231 e. The molecule has 0 fully saturated rings. The van der Waals surface area contributed by atoms with Gasteiger partial charge in [0.15, 0.2) is 0 Å². The maximum absolute atomic E-state index is 12.6. The molecule has 3 nitrogen and oxygen atoms in total. The normalized spacial score (nSPS) is 13.7. The Kier molecular flexibility index (Phi) is 3.13. The van der Waals surface area contributed by atoms with Crippen LogP contribution in [-0.4, -0.2) is 17.0 Å². The number of para-hydroxylation sites is 1. The number of amides is 1. The number of benzene rings is 1. The summed E-state index contributed by atoms with van der Waals surface area (Å²) in [4.78, 5) is 14.5. The first-order valence-corrected chi connectivity index (χ1v) is 7.08. The first kappa shape index (κ1) is 13.0. The molecule has 0 bridgehead atoms. The molecule has 20 heavy (non-hydrogen) atoms. The van der Waals surface area contributed by atoms with Crippen molar-refractivity contribution in [2.45, 2.75) is 26.7 Å². The fourth-order valence-corrected chi connectivity index (χ4v) is 2.97. The highest BCUT2D eigenvalue weighted by atomic mass is 16.2. The summed E-state index contributed by atoms with van der Waals surface area (Å²) in [5.41, 5.74) is 5.89. The Labute approximate surface area is 119 Å². The monoisotopic (exact) mass is 268 g/mol. The van der Waals surface area contributed by atoms with Crippen LogP contribution in [0, 0.1) is 13.8 Å². The average Bonchev–Trinajstić information content (AvgIpc) is 2.97. The van der Waals surface area contributed by atoms with E-state index in [-0.39, 0.29) is 5.91 Å². The number of nitrogens with zero attached hydrogens (tertiary/aromatic N) is 2. The third kappa shape index (κ3) is 2.03. The topological polar surface area (TPSA) is 25.2 Å². The van der Waals surface area contributed by atoms with Crippen molar-refractivity contribution >= 4 is 11.6 Å². The van der Waals surface area contributed by atoms with Gasteiger partial charge < -0.3 is 9.47 Å². The van der Waals surface area contributed by atoms with Gasteiger partial charge >= 0.3 is 0 Å². The van der Waals surface area contributed by atoms with E-state index in [0.29, 0.717) is 6.42 Å². The molecular formula is C17H20N2O. The largest absolute Gasteiger partial charge is 0.352 e. The van der Waals surface area contributed by atoms with Crippen LogP contribution in [-0.2, 0) is 24.7 Å². The number of anilines is 1. The van der Waals surface area contributed by atoms with Crippen LogP contribution in [0.25, 0.3) is 0 Å². The highest BCUT2D eigenvalue weighted by molar-refractivity contribution is 5.96. The predicted molar refractivity (Wildman–Crippen MR) is 81.1 cm³/mol. The lowest BCUT2D eigenvalue weighted by Gasteiger charge is -2.17. The Morgan fingerprint density at radius 2 is 2.00 bits per heavy atom. The van der Waals surface area contributed by atoms with E-state index in [9.17, 15) is 4.79 Å². The number of hydrogen-bond acceptors (Lipinski definition) is 1. The first-order valence-electron chi connectivity index (χ1n) is 7.08. The van der Waals surface area contributed by atoms with Crippen molar-refractivity contribution in [3.05, 3.63) is 52.8 Å². The summed E-state index contributed by atoms with van der Waals surface area (Å²) in [5.74, 6) is 0.198. The van der Waals surface area contributed by atoms with Gasteiger partial charge in [0.25, 0.3) is 0 Å². The number of carbonyl (C=O) groups is 1. The first-order chi connectivity index (χ1) is 9.58. The van der Waals surface area contributed by atoms with Crippen LogP contribution in [0.1, 0.15) is 22.5 Å². The molecule has 1 aromatic heterocycles. The van der Waals surface area contributed by atoms with E-state index in [1.807, 2.05) is 30.1 Å². The molecule has 1 aromatic carbocycles. The Balaban J connectivity index is 1.83. The second kappa shape index (κ2) is 4.82. The van der Waals surface area contributed by atoms with Crippen molar-refractivity contribution in [3.8, 4) is 0 Å². The van der Waals surface area contributed by atoms with Gasteiger partial charge in [-0.1, -0.05) is 18.2 Å². The van der Waals surface area contributed by atoms with Crippen molar-refractivity contribution in [1.29, 1.82) is 0 Å². The Hall–Kier alpha value is -2.03. The van der Waals surface area contributed by atoms with Crippen molar-refractivity contribution in [3.63, 3.8) is 0 Å². The van der Waals surface area contributed by atoms with E-state index in [1.54, 1.807) is 0 Å². The number of rotatable bonds is 2. The van der Waals surface area contributed by atoms with Crippen LogP contribution in [0.15, 0.2) is 30.3 Å². The van der Waals surface area contributed by atoms with Crippen molar-refractivity contribution in [2.75, 3.05) is 11.4 Å². The minimum Gasteiger partial charge on any atom is -0.352 e. The average molecular weight is 268 g/mol. The summed E-state index contributed by atoms with van der Waals surface area (Å²) in [7, 11) is 2.05. The van der Waals surface area contributed by atoms with Gasteiger partial charge in [-0.05, 0) is 43.5 Å². The molecule has 1 aliphatic heterocycles. The van der Waals surface area contributed by atoms with Gasteiger partial charge in [0.2, 0.25) is 5.91 Å². The van der Waals surface area contributed by atoms with E-state index >= 15 is 0 Å². The summed E-state index contributed by atoms with van der Waals surface area (Å²) in [6, 6.07) is 10.3. The minimum atomic E-state index is 0.198. The number of hydrogen-bond donors (Lipinski definition) is 0. The van der Waals surface area contributed by atoms with Gasteiger partial charge in [0, 0.05) is 30.7 Å². The van der Waals surface area contributed by atoms with Crippen molar-refractivity contribution in [1.82, 2.24) is 4.57 Å². The van der Waals surface area contributed by atoms with Crippen LogP contribution in [0.4, 0.5) is 5.69 Å². The van der Waals surface area contributed by atoms with Crippen LogP contribution < -0.4 is 4.90 Å². The molecule has 1 aliphatic rings. The highest BCUT2D eigenvalue weighted by Gasteiger charge is 2.24. The number of aryl methyl sites for hydroxylation is 1. The third-order valence-electron chi connectivity index (χ3n) is 4.41. The molecule has 0 saturated heterocycles. The SMILES string of the molecule is Cc1cc(CC(=O)N2CCc3ccccc32)c(C)n1C. The zero-order chi connectivity index (χ0) is 14.3. The molecule has 3 heteroatoms. The van der Waals surface area contributed by atoms with E-state index in [0.717, 1.165) is 24.2 Å². The molecule has 2 heterocycles. The molecule has 0 N–H and O–H groups in total. The lowest BCUT2D eigenvalue weighted by atomic mass is 10.1. The molecule has 0 aliphatic carbocycles. The van der Waals surface area contributed by atoms with E-state index < -0.39 is 0 Å². The Morgan fingerprint density at radius 1 is 1.25 bits per heavy atom. The molecule has 2 aromatic rings. The lowest BCUT2D eigenvalue weighted by molar-refractivity contribution is -0.117. The standard InChI is InChI=1S/C17H20N2O/c1-12-10-15(13(2)18(12)3)11-17(20)19-9-8-14-6-4-5-7-16(14)19/h4-7,10H,8-9,11H2,1-3H3. The van der Waals surface area contributed by atoms with Crippen LogP contribution in [0.2, 0.25) is 0 Å². The summed E-state index contributed by atoms with van der Waals surface area (Å²) in [6.45, 7) is 4.96. The summed E-state index contributed by atoms with van der Waals surface area (Å²) in [6.07, 6.45) is 1.45. The third-order valence-corrected chi connectivity index (χ3v) is 4.41. The second-order valence-corrected chi connectivity index (χ2v) is 5.56. The molecule has 3 rings (SSSR count). The molecule has 0 spiro atoms. The van der Waals surface area contributed by atoms with Gasteiger partial charge in [0.05, 0.1) is 6.42 Å². The summed E-state index contributed by atoms with van der Waals surface area (Å²) < 4.78 is 2.14. The van der Waals surface area contributed by atoms with Gasteiger partial charge in [-0.2, -0.15) is 0 Å². The van der Waals surface area contributed by atoms with E-state index in [1.165, 1.54) is 17.0 Å². The highest BCUT2D eigenvalue weighted by Crippen LogP contribution is 2.28. The zero-order valence-electron chi connectivity index (χ0n) is 12.3. The summed E-state index contributed by atoms with van der Waals surface area (Å²) in [5, 5.41) is 0. The van der Waals surface area contributed by atoms with Gasteiger partial charge in [0.1, 0.15) is 0 Å². The predicted octanol–water partition coefficient (Wildman–Crippen LogP) is 2.77. The van der Waals surface area contributed by atoms with E-state index in [4.69, 9.17) is 0 Å².